The summed E-state index contributed by atoms with van der Waals surface area (Å²) in [4.78, 5) is 17.6. The van der Waals surface area contributed by atoms with Crippen LogP contribution in [0, 0.1) is 0 Å². The second kappa shape index (κ2) is 6.24. The fourth-order valence-electron chi connectivity index (χ4n) is 2.88. The number of nitrogens with zero attached hydrogens (tertiary/aromatic N) is 2. The molecule has 112 valence electrons. The Labute approximate surface area is 125 Å². The summed E-state index contributed by atoms with van der Waals surface area (Å²) in [7, 11) is 1.88. The molecule has 20 heavy (non-hydrogen) atoms. The Morgan fingerprint density at radius 1 is 1.60 bits per heavy atom. The molecule has 1 aliphatic rings. The van der Waals surface area contributed by atoms with Gasteiger partial charge in [0, 0.05) is 18.0 Å². The van der Waals surface area contributed by atoms with Crippen LogP contribution in [0.15, 0.2) is 17.5 Å². The number of likely N-dealkylation sites (N-methyl/N-ethyl adjacent to an activating group) is 1. The van der Waals surface area contributed by atoms with Crippen molar-refractivity contribution in [3.63, 3.8) is 0 Å². The van der Waals surface area contributed by atoms with Gasteiger partial charge in [0.05, 0.1) is 18.2 Å². The Bertz CT molecular complexity index is 439. The van der Waals surface area contributed by atoms with Crippen molar-refractivity contribution in [3.8, 4) is 0 Å². The SMILES string of the molecule is CN(CC(=O)N1CCCC1c1cccs1)CC(C)(C)O. The predicted octanol–water partition coefficient (Wildman–Crippen LogP) is 2.11. The minimum absolute atomic E-state index is 0.160. The van der Waals surface area contributed by atoms with Crippen molar-refractivity contribution in [2.75, 3.05) is 26.7 Å². The molecule has 5 heteroatoms. The minimum Gasteiger partial charge on any atom is -0.389 e. The largest absolute Gasteiger partial charge is 0.389 e. The monoisotopic (exact) mass is 296 g/mol. The fourth-order valence-corrected chi connectivity index (χ4v) is 3.75. The molecule has 2 rings (SSSR count). The van der Waals surface area contributed by atoms with Crippen LogP contribution in [-0.4, -0.2) is 53.1 Å². The van der Waals surface area contributed by atoms with Gasteiger partial charge in [-0.2, -0.15) is 0 Å². The van der Waals surface area contributed by atoms with Crippen LogP contribution in [0.25, 0.3) is 0 Å². The van der Waals surface area contributed by atoms with Crippen molar-refractivity contribution >= 4 is 17.2 Å². The Kier molecular flexibility index (Phi) is 4.83. The van der Waals surface area contributed by atoms with Crippen LogP contribution in [0.2, 0.25) is 0 Å². The second-order valence-corrected chi connectivity index (χ2v) is 7.22. The van der Waals surface area contributed by atoms with Crippen molar-refractivity contribution < 1.29 is 9.90 Å². The zero-order chi connectivity index (χ0) is 14.8. The molecule has 0 aliphatic carbocycles. The Morgan fingerprint density at radius 3 is 2.95 bits per heavy atom. The van der Waals surface area contributed by atoms with E-state index in [-0.39, 0.29) is 11.9 Å². The van der Waals surface area contributed by atoms with E-state index in [2.05, 4.69) is 11.4 Å². The van der Waals surface area contributed by atoms with Crippen molar-refractivity contribution in [1.82, 2.24) is 9.80 Å². The summed E-state index contributed by atoms with van der Waals surface area (Å²) >= 11 is 1.72. The average Bonchev–Trinajstić information content (AvgIpc) is 2.97. The summed E-state index contributed by atoms with van der Waals surface area (Å²) in [5.74, 6) is 0.160. The summed E-state index contributed by atoms with van der Waals surface area (Å²) in [6, 6.07) is 4.40. The van der Waals surface area contributed by atoms with E-state index in [1.807, 2.05) is 22.9 Å². The quantitative estimate of drug-likeness (QED) is 0.905. The third-order valence-corrected chi connectivity index (χ3v) is 4.48. The second-order valence-electron chi connectivity index (χ2n) is 6.25. The first-order chi connectivity index (χ1) is 9.37. The van der Waals surface area contributed by atoms with Gasteiger partial charge in [-0.1, -0.05) is 6.07 Å². The van der Waals surface area contributed by atoms with E-state index < -0.39 is 5.60 Å². The third-order valence-electron chi connectivity index (χ3n) is 3.51. The Balaban J connectivity index is 1.95. The zero-order valence-corrected chi connectivity index (χ0v) is 13.3. The lowest BCUT2D eigenvalue weighted by atomic mass is 10.1. The molecule has 1 aromatic rings. The summed E-state index contributed by atoms with van der Waals surface area (Å²) in [5.41, 5.74) is -0.771. The standard InChI is InChI=1S/C15H24N2O2S/c1-15(2,19)11-16(3)10-14(18)17-8-4-6-12(17)13-7-5-9-20-13/h5,7,9,12,19H,4,6,8,10-11H2,1-3H3. The minimum atomic E-state index is -0.771. The summed E-state index contributed by atoms with van der Waals surface area (Å²) in [5, 5.41) is 11.9. The zero-order valence-electron chi connectivity index (χ0n) is 12.5. The molecule has 2 heterocycles. The normalized spacial score (nSPS) is 19.9. The summed E-state index contributed by atoms with van der Waals surface area (Å²) < 4.78 is 0. The van der Waals surface area contributed by atoms with E-state index >= 15 is 0 Å². The number of carbonyl (C=O) groups is 1. The van der Waals surface area contributed by atoms with Crippen LogP contribution in [0.5, 0.6) is 0 Å². The lowest BCUT2D eigenvalue weighted by Crippen LogP contribution is -2.43. The van der Waals surface area contributed by atoms with Crippen molar-refractivity contribution in [1.29, 1.82) is 0 Å². The number of aliphatic hydroxyl groups is 1. The summed E-state index contributed by atoms with van der Waals surface area (Å²) in [6.45, 7) is 5.23. The molecule has 0 saturated carbocycles. The first-order valence-corrected chi connectivity index (χ1v) is 7.98. The number of amides is 1. The van der Waals surface area contributed by atoms with E-state index in [1.54, 1.807) is 25.2 Å². The summed E-state index contributed by atoms with van der Waals surface area (Å²) in [6.07, 6.45) is 2.13. The van der Waals surface area contributed by atoms with Crippen LogP contribution < -0.4 is 0 Å². The molecule has 1 unspecified atom stereocenters. The van der Waals surface area contributed by atoms with Crippen LogP contribution in [0.4, 0.5) is 0 Å². The maximum Gasteiger partial charge on any atom is 0.237 e. The van der Waals surface area contributed by atoms with Gasteiger partial charge in [0.1, 0.15) is 0 Å². The first kappa shape index (κ1) is 15.5. The van der Waals surface area contributed by atoms with Crippen LogP contribution in [-0.2, 0) is 4.79 Å². The molecular weight excluding hydrogens is 272 g/mol. The molecule has 1 atom stereocenters. The highest BCUT2D eigenvalue weighted by atomic mass is 32.1. The van der Waals surface area contributed by atoms with Crippen molar-refractivity contribution in [2.24, 2.45) is 0 Å². The Morgan fingerprint density at radius 2 is 2.35 bits per heavy atom. The van der Waals surface area contributed by atoms with Gasteiger partial charge in [-0.3, -0.25) is 9.69 Å². The number of hydrogen-bond acceptors (Lipinski definition) is 4. The van der Waals surface area contributed by atoms with Gasteiger partial charge in [0.2, 0.25) is 5.91 Å². The van der Waals surface area contributed by atoms with Crippen LogP contribution in [0.3, 0.4) is 0 Å². The van der Waals surface area contributed by atoms with E-state index in [0.29, 0.717) is 13.1 Å². The van der Waals surface area contributed by atoms with E-state index in [9.17, 15) is 9.90 Å². The van der Waals surface area contributed by atoms with Gasteiger partial charge in [0.15, 0.2) is 0 Å². The molecule has 1 aliphatic heterocycles. The van der Waals surface area contributed by atoms with Crippen LogP contribution >= 0.6 is 11.3 Å². The number of rotatable bonds is 5. The molecule has 1 fully saturated rings. The number of hydrogen-bond donors (Lipinski definition) is 1. The predicted molar refractivity (Wildman–Crippen MR) is 81.8 cm³/mol. The maximum absolute atomic E-state index is 12.5. The molecule has 0 bridgehead atoms. The first-order valence-electron chi connectivity index (χ1n) is 7.10. The molecule has 0 aromatic carbocycles. The van der Waals surface area contributed by atoms with Crippen molar-refractivity contribution in [2.45, 2.75) is 38.3 Å². The average molecular weight is 296 g/mol. The molecule has 1 amide bonds. The lowest BCUT2D eigenvalue weighted by Gasteiger charge is -2.29. The van der Waals surface area contributed by atoms with Gasteiger partial charge in [-0.25, -0.2) is 0 Å². The fraction of sp³-hybridized carbons (Fsp3) is 0.667. The van der Waals surface area contributed by atoms with Gasteiger partial charge in [-0.05, 0) is 45.2 Å². The highest BCUT2D eigenvalue weighted by Crippen LogP contribution is 2.34. The molecule has 1 aromatic heterocycles. The van der Waals surface area contributed by atoms with Crippen molar-refractivity contribution in [3.05, 3.63) is 22.4 Å². The van der Waals surface area contributed by atoms with Gasteiger partial charge in [-0.15, -0.1) is 11.3 Å². The van der Waals surface area contributed by atoms with Crippen LogP contribution in [0.1, 0.15) is 37.6 Å². The smallest absolute Gasteiger partial charge is 0.237 e. The molecule has 0 spiro atoms. The van der Waals surface area contributed by atoms with E-state index in [1.165, 1.54) is 4.88 Å². The Hall–Kier alpha value is -0.910. The number of likely N-dealkylation sites (tertiary alicyclic amines) is 1. The molecule has 4 nitrogen and oxygen atoms in total. The third kappa shape index (κ3) is 4.04. The van der Waals surface area contributed by atoms with Gasteiger partial charge < -0.3 is 10.0 Å². The van der Waals surface area contributed by atoms with E-state index in [4.69, 9.17) is 0 Å². The van der Waals surface area contributed by atoms with Gasteiger partial charge >= 0.3 is 0 Å². The van der Waals surface area contributed by atoms with Gasteiger partial charge in [0.25, 0.3) is 0 Å². The van der Waals surface area contributed by atoms with E-state index in [0.717, 1.165) is 19.4 Å². The topological polar surface area (TPSA) is 43.8 Å². The number of thiophene rings is 1. The highest BCUT2D eigenvalue weighted by Gasteiger charge is 2.31. The molecule has 0 radical (unpaired) electrons. The maximum atomic E-state index is 12.5. The molecule has 1 saturated heterocycles. The lowest BCUT2D eigenvalue weighted by molar-refractivity contribution is -0.133. The molecular formula is C15H24N2O2S. The number of carbonyl (C=O) groups excluding carboxylic acids is 1. The highest BCUT2D eigenvalue weighted by molar-refractivity contribution is 7.10. The molecule has 1 N–H and O–H groups in total.